The zero-order valence-electron chi connectivity index (χ0n) is 10.9. The first-order chi connectivity index (χ1) is 8.93. The lowest BCUT2D eigenvalue weighted by Crippen LogP contribution is -2.27. The van der Waals surface area contributed by atoms with E-state index in [1.807, 2.05) is 0 Å². The third-order valence-corrected chi connectivity index (χ3v) is 5.09. The second-order valence-electron chi connectivity index (χ2n) is 3.99. The first-order valence-electron chi connectivity index (χ1n) is 5.82. The van der Waals surface area contributed by atoms with E-state index in [0.29, 0.717) is 12.3 Å². The van der Waals surface area contributed by atoms with Crippen LogP contribution in [-0.4, -0.2) is 32.9 Å². The molecule has 0 unspecified atom stereocenters. The normalized spacial score (nSPS) is 11.7. The van der Waals surface area contributed by atoms with Crippen LogP contribution in [0.25, 0.3) is 0 Å². The van der Waals surface area contributed by atoms with Gasteiger partial charge in [0.2, 0.25) is 10.0 Å². The molecule has 1 heterocycles. The Morgan fingerprint density at radius 3 is 2.84 bits per heavy atom. The zero-order valence-corrected chi connectivity index (χ0v) is 13.3. The zero-order chi connectivity index (χ0) is 14.5. The van der Waals surface area contributed by atoms with E-state index >= 15 is 0 Å². The van der Waals surface area contributed by atoms with Gasteiger partial charge >= 0.3 is 0 Å². The number of hydrogen-bond acceptors (Lipinski definition) is 4. The van der Waals surface area contributed by atoms with Crippen LogP contribution in [0.5, 0.6) is 0 Å². The highest BCUT2D eigenvalue weighted by Gasteiger charge is 2.26. The Balaban J connectivity index is 2.92. The SMILES string of the molecule is C#CCN(C)S(=O)(=O)c1cc(CNCCC)oc1Br. The van der Waals surface area contributed by atoms with Crippen molar-refractivity contribution in [1.82, 2.24) is 9.62 Å². The van der Waals surface area contributed by atoms with Crippen LogP contribution in [0.3, 0.4) is 0 Å². The van der Waals surface area contributed by atoms with Crippen molar-refractivity contribution in [2.75, 3.05) is 20.1 Å². The Hall–Kier alpha value is -0.810. The second-order valence-corrected chi connectivity index (χ2v) is 6.73. The van der Waals surface area contributed by atoms with E-state index in [2.05, 4.69) is 34.1 Å². The van der Waals surface area contributed by atoms with Gasteiger partial charge in [-0.1, -0.05) is 12.8 Å². The van der Waals surface area contributed by atoms with E-state index < -0.39 is 10.0 Å². The van der Waals surface area contributed by atoms with Gasteiger partial charge in [-0.2, -0.15) is 4.31 Å². The molecule has 0 aliphatic heterocycles. The molecule has 1 aromatic heterocycles. The maximum absolute atomic E-state index is 12.2. The molecular formula is C12H17BrN2O3S. The predicted molar refractivity (Wildman–Crippen MR) is 77.1 cm³/mol. The number of sulfonamides is 1. The van der Waals surface area contributed by atoms with E-state index in [1.54, 1.807) is 0 Å². The molecule has 7 heteroatoms. The fraction of sp³-hybridized carbons (Fsp3) is 0.500. The fourth-order valence-electron chi connectivity index (χ4n) is 1.43. The standard InChI is InChI=1S/C12H17BrN2O3S/c1-4-6-14-9-10-8-11(12(13)18-10)19(16,17)15(3)7-5-2/h2,8,14H,4,6-7,9H2,1,3H3. The van der Waals surface area contributed by atoms with Crippen LogP contribution in [0.15, 0.2) is 20.0 Å². The van der Waals surface area contributed by atoms with Gasteiger partial charge in [0.1, 0.15) is 10.7 Å². The molecule has 0 amide bonds. The van der Waals surface area contributed by atoms with Crippen LogP contribution in [0.1, 0.15) is 19.1 Å². The van der Waals surface area contributed by atoms with Crippen molar-refractivity contribution in [1.29, 1.82) is 0 Å². The minimum absolute atomic E-state index is 0.0172. The number of halogens is 1. The number of nitrogens with one attached hydrogen (secondary N) is 1. The molecule has 106 valence electrons. The summed E-state index contributed by atoms with van der Waals surface area (Å²) >= 11 is 3.13. The smallest absolute Gasteiger partial charge is 0.248 e. The molecule has 1 N–H and O–H groups in total. The molecule has 0 aromatic carbocycles. The van der Waals surface area contributed by atoms with Crippen molar-refractivity contribution in [3.8, 4) is 12.3 Å². The van der Waals surface area contributed by atoms with Gasteiger partial charge in [-0.05, 0) is 28.9 Å². The van der Waals surface area contributed by atoms with Crippen molar-refractivity contribution in [3.05, 3.63) is 16.5 Å². The van der Waals surface area contributed by atoms with Crippen molar-refractivity contribution >= 4 is 26.0 Å². The van der Waals surface area contributed by atoms with Crippen LogP contribution in [0.4, 0.5) is 0 Å². The highest BCUT2D eigenvalue weighted by Crippen LogP contribution is 2.28. The lowest BCUT2D eigenvalue weighted by molar-refractivity contribution is 0.458. The summed E-state index contributed by atoms with van der Waals surface area (Å²) in [5, 5.41) is 3.14. The van der Waals surface area contributed by atoms with Crippen molar-refractivity contribution in [3.63, 3.8) is 0 Å². The third kappa shape index (κ3) is 4.08. The van der Waals surface area contributed by atoms with Crippen molar-refractivity contribution in [2.24, 2.45) is 0 Å². The summed E-state index contributed by atoms with van der Waals surface area (Å²) in [5.74, 6) is 2.86. The first-order valence-corrected chi connectivity index (χ1v) is 8.05. The topological polar surface area (TPSA) is 62.6 Å². The molecule has 5 nitrogen and oxygen atoms in total. The summed E-state index contributed by atoms with van der Waals surface area (Å²) in [4.78, 5) is 0.0959. The number of rotatable bonds is 7. The highest BCUT2D eigenvalue weighted by atomic mass is 79.9. The van der Waals surface area contributed by atoms with Crippen LogP contribution >= 0.6 is 15.9 Å². The Kier molecular flexibility index (Phi) is 6.07. The summed E-state index contributed by atoms with van der Waals surface area (Å²) in [5.41, 5.74) is 0. The molecule has 1 rings (SSSR count). The predicted octanol–water partition coefficient (Wildman–Crippen LogP) is 1.80. The summed E-state index contributed by atoms with van der Waals surface area (Å²) in [6, 6.07) is 1.51. The summed E-state index contributed by atoms with van der Waals surface area (Å²) in [6.07, 6.45) is 6.13. The number of hydrogen-bond donors (Lipinski definition) is 1. The van der Waals surface area contributed by atoms with Gasteiger partial charge in [0.05, 0.1) is 13.1 Å². The van der Waals surface area contributed by atoms with Crippen molar-refractivity contribution < 1.29 is 12.8 Å². The average molecular weight is 349 g/mol. The molecule has 0 aliphatic rings. The first kappa shape index (κ1) is 16.2. The molecule has 0 radical (unpaired) electrons. The lowest BCUT2D eigenvalue weighted by atomic mass is 10.4. The van der Waals surface area contributed by atoms with Crippen molar-refractivity contribution in [2.45, 2.75) is 24.8 Å². The van der Waals surface area contributed by atoms with Crippen LogP contribution in [0, 0.1) is 12.3 Å². The highest BCUT2D eigenvalue weighted by molar-refractivity contribution is 9.10. The molecule has 0 atom stereocenters. The minimum Gasteiger partial charge on any atom is -0.452 e. The van der Waals surface area contributed by atoms with E-state index in [-0.39, 0.29) is 16.1 Å². The molecular weight excluding hydrogens is 332 g/mol. The van der Waals surface area contributed by atoms with E-state index in [1.165, 1.54) is 13.1 Å². The van der Waals surface area contributed by atoms with Gasteiger partial charge in [-0.3, -0.25) is 0 Å². The van der Waals surface area contributed by atoms with Gasteiger partial charge in [-0.15, -0.1) is 6.42 Å². The van der Waals surface area contributed by atoms with Gasteiger partial charge in [0.15, 0.2) is 4.67 Å². The van der Waals surface area contributed by atoms with Gasteiger partial charge < -0.3 is 9.73 Å². The maximum Gasteiger partial charge on any atom is 0.248 e. The molecule has 0 saturated carbocycles. The monoisotopic (exact) mass is 348 g/mol. The Morgan fingerprint density at radius 1 is 1.58 bits per heavy atom. The van der Waals surface area contributed by atoms with Crippen LogP contribution in [-0.2, 0) is 16.6 Å². The average Bonchev–Trinajstić information content (AvgIpc) is 2.72. The Bertz CT molecular complexity index is 560. The minimum atomic E-state index is -3.62. The largest absolute Gasteiger partial charge is 0.452 e. The molecule has 19 heavy (non-hydrogen) atoms. The van der Waals surface area contributed by atoms with E-state index in [4.69, 9.17) is 10.8 Å². The van der Waals surface area contributed by atoms with Gasteiger partial charge in [0, 0.05) is 13.1 Å². The van der Waals surface area contributed by atoms with Gasteiger partial charge in [0.25, 0.3) is 0 Å². The van der Waals surface area contributed by atoms with Crippen LogP contribution < -0.4 is 5.32 Å². The number of nitrogens with zero attached hydrogens (tertiary/aromatic N) is 1. The maximum atomic E-state index is 12.2. The number of furan rings is 1. The molecule has 0 fully saturated rings. The molecule has 1 aromatic rings. The number of terminal acetylenes is 1. The second kappa shape index (κ2) is 7.10. The van der Waals surface area contributed by atoms with Gasteiger partial charge in [-0.25, -0.2) is 8.42 Å². The Labute approximate surface area is 122 Å². The lowest BCUT2D eigenvalue weighted by Gasteiger charge is -2.12. The summed E-state index contributed by atoms with van der Waals surface area (Å²) < 4.78 is 31.1. The van der Waals surface area contributed by atoms with E-state index in [0.717, 1.165) is 17.3 Å². The van der Waals surface area contributed by atoms with E-state index in [9.17, 15) is 8.42 Å². The van der Waals surface area contributed by atoms with Crippen LogP contribution in [0.2, 0.25) is 0 Å². The molecule has 0 spiro atoms. The fourth-order valence-corrected chi connectivity index (χ4v) is 3.47. The Morgan fingerprint density at radius 2 is 2.26 bits per heavy atom. The molecule has 0 saturated heterocycles. The third-order valence-electron chi connectivity index (χ3n) is 2.43. The molecule has 0 aliphatic carbocycles. The quantitative estimate of drug-likeness (QED) is 0.602. The summed E-state index contributed by atoms with van der Waals surface area (Å²) in [7, 11) is -2.18. The molecule has 0 bridgehead atoms. The summed E-state index contributed by atoms with van der Waals surface area (Å²) in [6.45, 7) is 3.40.